The van der Waals surface area contributed by atoms with Crippen molar-refractivity contribution in [2.24, 2.45) is 0 Å². The summed E-state index contributed by atoms with van der Waals surface area (Å²) in [5.41, 5.74) is 0. The molecule has 0 saturated heterocycles. The molecular weight excluding hydrogens is 303 g/mol. The van der Waals surface area contributed by atoms with Crippen molar-refractivity contribution in [1.82, 2.24) is 9.78 Å². The van der Waals surface area contributed by atoms with Crippen molar-refractivity contribution >= 4 is 32.4 Å². The molecule has 1 aromatic rings. The maximum absolute atomic E-state index is 11.1. The monoisotopic (exact) mass is 314 g/mol. The normalized spacial score (nSPS) is 11.8. The summed E-state index contributed by atoms with van der Waals surface area (Å²) < 4.78 is 24.9. The third-order valence-electron chi connectivity index (χ3n) is 1.67. The van der Waals surface area contributed by atoms with Crippen LogP contribution in [0.4, 0.5) is 0 Å². The molecule has 0 aliphatic carbocycles. The smallest absolute Gasteiger partial charge is 0.151 e. The second-order valence-electron chi connectivity index (χ2n) is 2.66. The zero-order valence-electron chi connectivity index (χ0n) is 7.27. The van der Waals surface area contributed by atoms with Crippen LogP contribution in [-0.4, -0.2) is 29.7 Å². The first-order valence-electron chi connectivity index (χ1n) is 3.92. The van der Waals surface area contributed by atoms with E-state index in [1.165, 1.54) is 0 Å². The molecule has 0 atom stereocenters. The molecular formula is C7H11IN2O2S. The average molecular weight is 314 g/mol. The van der Waals surface area contributed by atoms with Crippen LogP contribution in [0.3, 0.4) is 0 Å². The van der Waals surface area contributed by atoms with Crippen molar-refractivity contribution in [2.45, 2.75) is 13.5 Å². The van der Waals surface area contributed by atoms with Gasteiger partial charge in [0, 0.05) is 11.9 Å². The van der Waals surface area contributed by atoms with Crippen LogP contribution in [0.5, 0.6) is 0 Å². The van der Waals surface area contributed by atoms with E-state index >= 15 is 0 Å². The number of halogens is 1. The Morgan fingerprint density at radius 1 is 1.62 bits per heavy atom. The number of nitrogens with zero attached hydrogens (tertiary/aromatic N) is 2. The minimum absolute atomic E-state index is 0.168. The minimum Gasteiger partial charge on any atom is -0.271 e. The van der Waals surface area contributed by atoms with Crippen LogP contribution in [0.15, 0.2) is 12.4 Å². The van der Waals surface area contributed by atoms with E-state index < -0.39 is 9.84 Å². The Hall–Kier alpha value is -0.110. The first kappa shape index (κ1) is 11.0. The number of rotatable bonds is 4. The van der Waals surface area contributed by atoms with E-state index in [1.807, 2.05) is 6.20 Å². The van der Waals surface area contributed by atoms with Gasteiger partial charge in [0.25, 0.3) is 0 Å². The molecule has 0 spiro atoms. The van der Waals surface area contributed by atoms with Crippen molar-refractivity contribution in [1.29, 1.82) is 0 Å². The van der Waals surface area contributed by atoms with E-state index in [2.05, 4.69) is 27.7 Å². The minimum atomic E-state index is -2.87. The van der Waals surface area contributed by atoms with E-state index in [0.29, 0.717) is 6.54 Å². The lowest BCUT2D eigenvalue weighted by atomic mass is 10.7. The van der Waals surface area contributed by atoms with Gasteiger partial charge in [0.1, 0.15) is 0 Å². The van der Waals surface area contributed by atoms with Crippen molar-refractivity contribution in [3.05, 3.63) is 16.0 Å². The Morgan fingerprint density at radius 2 is 2.31 bits per heavy atom. The zero-order valence-corrected chi connectivity index (χ0v) is 10.2. The SMILES string of the molecule is CCS(=O)(=O)CCn1cc(I)cn1. The molecule has 74 valence electrons. The van der Waals surface area contributed by atoms with E-state index in [0.717, 1.165) is 3.57 Å². The van der Waals surface area contributed by atoms with Gasteiger partial charge >= 0.3 is 0 Å². The lowest BCUT2D eigenvalue weighted by molar-refractivity contribution is 0.581. The maximum Gasteiger partial charge on any atom is 0.151 e. The van der Waals surface area contributed by atoms with Gasteiger partial charge in [-0.3, -0.25) is 4.68 Å². The predicted octanol–water partition coefficient (Wildman–Crippen LogP) is 0.922. The van der Waals surface area contributed by atoms with E-state index in [-0.39, 0.29) is 11.5 Å². The van der Waals surface area contributed by atoms with Gasteiger partial charge in [-0.1, -0.05) is 6.92 Å². The standard InChI is InChI=1S/C7H11IN2O2S/c1-2-13(11,12)4-3-10-6-7(8)5-9-10/h5-6H,2-4H2,1H3. The number of hydrogen-bond donors (Lipinski definition) is 0. The largest absolute Gasteiger partial charge is 0.271 e. The fourth-order valence-corrected chi connectivity index (χ4v) is 2.04. The highest BCUT2D eigenvalue weighted by molar-refractivity contribution is 14.1. The quantitative estimate of drug-likeness (QED) is 0.777. The van der Waals surface area contributed by atoms with Crippen molar-refractivity contribution in [3.63, 3.8) is 0 Å². The summed E-state index contributed by atoms with van der Waals surface area (Å²) in [4.78, 5) is 0. The number of sulfone groups is 1. The molecule has 6 heteroatoms. The lowest BCUT2D eigenvalue weighted by Crippen LogP contribution is -2.14. The van der Waals surface area contributed by atoms with Crippen LogP contribution in [-0.2, 0) is 16.4 Å². The first-order valence-corrected chi connectivity index (χ1v) is 6.82. The van der Waals surface area contributed by atoms with E-state index in [4.69, 9.17) is 0 Å². The molecule has 0 aromatic carbocycles. The molecule has 0 unspecified atom stereocenters. The van der Waals surface area contributed by atoms with Gasteiger partial charge in [0.2, 0.25) is 0 Å². The molecule has 0 aliphatic rings. The Bertz CT molecular complexity index is 372. The molecule has 1 heterocycles. The van der Waals surface area contributed by atoms with E-state index in [1.54, 1.807) is 17.8 Å². The molecule has 0 N–H and O–H groups in total. The highest BCUT2D eigenvalue weighted by atomic mass is 127. The van der Waals surface area contributed by atoms with Gasteiger partial charge in [-0.15, -0.1) is 0 Å². The summed E-state index contributed by atoms with van der Waals surface area (Å²) >= 11 is 2.14. The number of aromatic nitrogens is 2. The van der Waals surface area contributed by atoms with Gasteiger partial charge in [0.15, 0.2) is 9.84 Å². The van der Waals surface area contributed by atoms with Crippen LogP contribution < -0.4 is 0 Å². The van der Waals surface area contributed by atoms with Gasteiger partial charge in [0.05, 0.1) is 22.1 Å². The fraction of sp³-hybridized carbons (Fsp3) is 0.571. The van der Waals surface area contributed by atoms with Gasteiger partial charge in [-0.2, -0.15) is 5.10 Å². The number of aryl methyl sites for hydroxylation is 1. The van der Waals surface area contributed by atoms with Crippen molar-refractivity contribution in [2.75, 3.05) is 11.5 Å². The molecule has 4 nitrogen and oxygen atoms in total. The Balaban J connectivity index is 2.53. The van der Waals surface area contributed by atoms with Gasteiger partial charge in [-0.05, 0) is 22.6 Å². The summed E-state index contributed by atoms with van der Waals surface area (Å²) in [6.45, 7) is 2.10. The van der Waals surface area contributed by atoms with Gasteiger partial charge in [-0.25, -0.2) is 8.42 Å². The summed E-state index contributed by atoms with van der Waals surface area (Å²) in [5, 5.41) is 4.00. The predicted molar refractivity (Wildman–Crippen MR) is 59.3 cm³/mol. The molecule has 0 amide bonds. The average Bonchev–Trinajstić information content (AvgIpc) is 2.48. The molecule has 0 saturated carbocycles. The molecule has 1 aromatic heterocycles. The molecule has 0 radical (unpaired) electrons. The van der Waals surface area contributed by atoms with Crippen LogP contribution >= 0.6 is 22.6 Å². The maximum atomic E-state index is 11.1. The molecule has 13 heavy (non-hydrogen) atoms. The highest BCUT2D eigenvalue weighted by Gasteiger charge is 2.07. The summed E-state index contributed by atoms with van der Waals surface area (Å²) in [6, 6.07) is 0. The third-order valence-corrected chi connectivity index (χ3v) is 3.91. The molecule has 0 aliphatic heterocycles. The van der Waals surface area contributed by atoms with Crippen molar-refractivity contribution in [3.8, 4) is 0 Å². The summed E-state index contributed by atoms with van der Waals surface area (Å²) in [6.07, 6.45) is 3.53. The second-order valence-corrected chi connectivity index (χ2v) is 6.38. The Kier molecular flexibility index (Phi) is 3.72. The van der Waals surface area contributed by atoms with Crippen LogP contribution in [0, 0.1) is 3.57 Å². The topological polar surface area (TPSA) is 52.0 Å². The molecule has 0 fully saturated rings. The summed E-state index contributed by atoms with van der Waals surface area (Å²) in [7, 11) is -2.87. The van der Waals surface area contributed by atoms with Crippen LogP contribution in [0.2, 0.25) is 0 Å². The first-order chi connectivity index (χ1) is 6.03. The molecule has 1 rings (SSSR count). The van der Waals surface area contributed by atoms with Crippen LogP contribution in [0.25, 0.3) is 0 Å². The Morgan fingerprint density at radius 3 is 2.77 bits per heavy atom. The summed E-state index contributed by atoms with van der Waals surface area (Å²) in [5.74, 6) is 0.368. The lowest BCUT2D eigenvalue weighted by Gasteiger charge is -2.00. The molecule has 0 bridgehead atoms. The second kappa shape index (κ2) is 4.41. The number of hydrogen-bond acceptors (Lipinski definition) is 3. The van der Waals surface area contributed by atoms with Crippen molar-refractivity contribution < 1.29 is 8.42 Å². The Labute approximate surface area is 91.4 Å². The fourth-order valence-electron chi connectivity index (χ4n) is 0.838. The highest BCUT2D eigenvalue weighted by Crippen LogP contribution is 2.01. The van der Waals surface area contributed by atoms with E-state index in [9.17, 15) is 8.42 Å². The zero-order chi connectivity index (χ0) is 9.90. The van der Waals surface area contributed by atoms with Gasteiger partial charge < -0.3 is 0 Å². The third kappa shape index (κ3) is 3.63. The van der Waals surface area contributed by atoms with Crippen LogP contribution in [0.1, 0.15) is 6.92 Å².